The molecule has 1 aromatic heterocycles. The van der Waals surface area contributed by atoms with Crippen LogP contribution >= 0.6 is 0 Å². The second-order valence-electron chi connectivity index (χ2n) is 7.98. The molecule has 5 heteroatoms. The lowest BCUT2D eigenvalue weighted by molar-refractivity contribution is -0.132. The van der Waals surface area contributed by atoms with E-state index in [1.165, 1.54) is 11.1 Å². The number of piperidine rings is 1. The van der Waals surface area contributed by atoms with Crippen LogP contribution in [0.2, 0.25) is 0 Å². The second kappa shape index (κ2) is 8.27. The fourth-order valence-corrected chi connectivity index (χ4v) is 4.40. The summed E-state index contributed by atoms with van der Waals surface area (Å²) in [7, 11) is 1.67. The number of hydrogen-bond donors (Lipinski definition) is 0. The average Bonchev–Trinajstić information content (AvgIpc) is 3.07. The van der Waals surface area contributed by atoms with Crippen molar-refractivity contribution in [3.8, 4) is 5.75 Å². The van der Waals surface area contributed by atoms with Gasteiger partial charge in [-0.05, 0) is 68.5 Å². The molecule has 2 aromatic carbocycles. The maximum atomic E-state index is 12.7. The minimum Gasteiger partial charge on any atom is -0.497 e. The first kappa shape index (κ1) is 19.5. The summed E-state index contributed by atoms with van der Waals surface area (Å²) in [4.78, 5) is 19.5. The first-order valence-electron chi connectivity index (χ1n) is 10.4. The lowest BCUT2D eigenvalue weighted by Gasteiger charge is -2.33. The fourth-order valence-electron chi connectivity index (χ4n) is 4.40. The summed E-state index contributed by atoms with van der Waals surface area (Å²) in [5.41, 5.74) is 4.67. The Hall–Kier alpha value is -2.82. The zero-order valence-corrected chi connectivity index (χ0v) is 17.5. The van der Waals surface area contributed by atoms with Crippen LogP contribution in [-0.4, -0.2) is 40.6 Å². The van der Waals surface area contributed by atoms with E-state index in [2.05, 4.69) is 42.7 Å². The van der Waals surface area contributed by atoms with Gasteiger partial charge in [-0.15, -0.1) is 0 Å². The number of nitrogens with zero attached hydrogens (tertiary/aromatic N) is 3. The van der Waals surface area contributed by atoms with Crippen LogP contribution in [0, 0.1) is 13.8 Å². The van der Waals surface area contributed by atoms with Crippen molar-refractivity contribution in [3.05, 3.63) is 59.4 Å². The molecule has 1 saturated heterocycles. The third-order valence-corrected chi connectivity index (χ3v) is 5.97. The zero-order chi connectivity index (χ0) is 20.4. The van der Waals surface area contributed by atoms with Gasteiger partial charge < -0.3 is 14.2 Å². The molecular weight excluding hydrogens is 362 g/mol. The van der Waals surface area contributed by atoms with Gasteiger partial charge in [0.25, 0.3) is 0 Å². The van der Waals surface area contributed by atoms with Crippen LogP contribution in [0.25, 0.3) is 11.0 Å². The first-order chi connectivity index (χ1) is 14.0. The van der Waals surface area contributed by atoms with E-state index < -0.39 is 0 Å². The Bertz CT molecular complexity index is 1020. The van der Waals surface area contributed by atoms with Crippen LogP contribution < -0.4 is 4.74 Å². The van der Waals surface area contributed by atoms with Crippen molar-refractivity contribution in [1.29, 1.82) is 0 Å². The number of rotatable bonds is 5. The summed E-state index contributed by atoms with van der Waals surface area (Å²) in [6.45, 7) is 5.83. The number of hydrogen-bond acceptors (Lipinski definition) is 3. The van der Waals surface area contributed by atoms with Crippen molar-refractivity contribution in [2.45, 2.75) is 45.6 Å². The maximum absolute atomic E-state index is 12.7. The molecule has 1 aliphatic heterocycles. The van der Waals surface area contributed by atoms with Crippen LogP contribution in [0.1, 0.15) is 42.3 Å². The monoisotopic (exact) mass is 391 g/mol. The number of imidazole rings is 1. The Morgan fingerprint density at radius 2 is 1.93 bits per heavy atom. The largest absolute Gasteiger partial charge is 0.497 e. The predicted octanol–water partition coefficient (Wildman–Crippen LogP) is 4.46. The van der Waals surface area contributed by atoms with E-state index in [0.29, 0.717) is 12.5 Å². The van der Waals surface area contributed by atoms with E-state index in [1.54, 1.807) is 7.11 Å². The standard InChI is InChI=1S/C24H29N3O2/c1-17-7-9-22-23(15-17)27(18(2)25-22)20-11-13-26(14-12-20)24(28)10-8-19-5-4-6-21(16-19)29-3/h4-7,9,15-16,20H,8,10-14H2,1-3H3. The molecule has 0 radical (unpaired) electrons. The van der Waals surface area contributed by atoms with E-state index in [1.807, 2.05) is 23.1 Å². The van der Waals surface area contributed by atoms with Gasteiger partial charge in [-0.25, -0.2) is 4.98 Å². The summed E-state index contributed by atoms with van der Waals surface area (Å²) in [6, 6.07) is 14.8. The summed E-state index contributed by atoms with van der Waals surface area (Å²) >= 11 is 0. The van der Waals surface area contributed by atoms with Gasteiger partial charge in [0.2, 0.25) is 5.91 Å². The lowest BCUT2D eigenvalue weighted by atomic mass is 10.0. The fraction of sp³-hybridized carbons (Fsp3) is 0.417. The Morgan fingerprint density at radius 1 is 1.14 bits per heavy atom. The maximum Gasteiger partial charge on any atom is 0.222 e. The van der Waals surface area contributed by atoms with Crippen LogP contribution in [0.3, 0.4) is 0 Å². The molecule has 5 nitrogen and oxygen atoms in total. The third-order valence-electron chi connectivity index (χ3n) is 5.97. The highest BCUT2D eigenvalue weighted by Crippen LogP contribution is 2.29. The molecule has 29 heavy (non-hydrogen) atoms. The smallest absolute Gasteiger partial charge is 0.222 e. The normalized spacial score (nSPS) is 15.1. The molecule has 3 aromatic rings. The Kier molecular flexibility index (Phi) is 5.56. The predicted molar refractivity (Wildman–Crippen MR) is 115 cm³/mol. The molecule has 0 bridgehead atoms. The quantitative estimate of drug-likeness (QED) is 0.645. The molecular formula is C24H29N3O2. The second-order valence-corrected chi connectivity index (χ2v) is 7.98. The van der Waals surface area contributed by atoms with Crippen LogP contribution in [0.4, 0.5) is 0 Å². The lowest BCUT2D eigenvalue weighted by Crippen LogP contribution is -2.39. The average molecular weight is 392 g/mol. The number of methoxy groups -OCH3 is 1. The Labute approximate surface area is 172 Å². The highest BCUT2D eigenvalue weighted by atomic mass is 16.5. The molecule has 0 atom stereocenters. The molecule has 0 saturated carbocycles. The number of carbonyl (C=O) groups excluding carboxylic acids is 1. The number of fused-ring (bicyclic) bond motifs is 1. The molecule has 0 aliphatic carbocycles. The Balaban J connectivity index is 1.37. The Morgan fingerprint density at radius 3 is 2.69 bits per heavy atom. The number of carbonyl (C=O) groups is 1. The van der Waals surface area contributed by atoms with E-state index in [-0.39, 0.29) is 5.91 Å². The van der Waals surface area contributed by atoms with Gasteiger partial charge in [0, 0.05) is 25.6 Å². The third kappa shape index (κ3) is 4.14. The SMILES string of the molecule is COc1cccc(CCC(=O)N2CCC(n3c(C)nc4ccc(C)cc43)CC2)c1. The van der Waals surface area contributed by atoms with Gasteiger partial charge in [0.05, 0.1) is 18.1 Å². The van der Waals surface area contributed by atoms with Crippen molar-refractivity contribution >= 4 is 16.9 Å². The van der Waals surface area contributed by atoms with Crippen molar-refractivity contribution in [2.75, 3.05) is 20.2 Å². The molecule has 1 amide bonds. The van der Waals surface area contributed by atoms with Gasteiger partial charge in [0.1, 0.15) is 11.6 Å². The topological polar surface area (TPSA) is 47.4 Å². The highest BCUT2D eigenvalue weighted by Gasteiger charge is 2.25. The van der Waals surface area contributed by atoms with Gasteiger partial charge >= 0.3 is 0 Å². The molecule has 2 heterocycles. The summed E-state index contributed by atoms with van der Waals surface area (Å²) in [5, 5.41) is 0. The van der Waals surface area contributed by atoms with Crippen LogP contribution in [0.15, 0.2) is 42.5 Å². The minimum absolute atomic E-state index is 0.245. The number of ether oxygens (including phenoxy) is 1. The van der Waals surface area contributed by atoms with Gasteiger partial charge in [-0.1, -0.05) is 18.2 Å². The first-order valence-corrected chi connectivity index (χ1v) is 10.4. The molecule has 1 aliphatic rings. The van der Waals surface area contributed by atoms with Crippen molar-refractivity contribution in [1.82, 2.24) is 14.5 Å². The van der Waals surface area contributed by atoms with Crippen molar-refractivity contribution in [2.24, 2.45) is 0 Å². The number of benzene rings is 2. The van der Waals surface area contributed by atoms with E-state index in [0.717, 1.165) is 55.0 Å². The number of likely N-dealkylation sites (tertiary alicyclic amines) is 1. The zero-order valence-electron chi connectivity index (χ0n) is 17.5. The molecule has 0 N–H and O–H groups in total. The number of amides is 1. The van der Waals surface area contributed by atoms with Crippen LogP contribution in [-0.2, 0) is 11.2 Å². The van der Waals surface area contributed by atoms with E-state index in [9.17, 15) is 4.79 Å². The summed E-state index contributed by atoms with van der Waals surface area (Å²) in [5.74, 6) is 2.15. The van der Waals surface area contributed by atoms with Gasteiger partial charge in [-0.2, -0.15) is 0 Å². The van der Waals surface area contributed by atoms with Gasteiger partial charge in [0.15, 0.2) is 0 Å². The molecule has 4 rings (SSSR count). The number of aryl methyl sites for hydroxylation is 3. The van der Waals surface area contributed by atoms with E-state index in [4.69, 9.17) is 9.72 Å². The van der Waals surface area contributed by atoms with Crippen LogP contribution in [0.5, 0.6) is 5.75 Å². The van der Waals surface area contributed by atoms with Crippen molar-refractivity contribution < 1.29 is 9.53 Å². The molecule has 0 spiro atoms. The summed E-state index contributed by atoms with van der Waals surface area (Å²) in [6.07, 6.45) is 3.25. The molecule has 0 unspecified atom stereocenters. The minimum atomic E-state index is 0.245. The van der Waals surface area contributed by atoms with E-state index >= 15 is 0 Å². The summed E-state index contributed by atoms with van der Waals surface area (Å²) < 4.78 is 7.65. The number of aromatic nitrogens is 2. The molecule has 152 valence electrons. The molecule has 1 fully saturated rings. The van der Waals surface area contributed by atoms with Gasteiger partial charge in [-0.3, -0.25) is 4.79 Å². The highest BCUT2D eigenvalue weighted by molar-refractivity contribution is 5.77. The van der Waals surface area contributed by atoms with Crippen molar-refractivity contribution in [3.63, 3.8) is 0 Å².